The van der Waals surface area contributed by atoms with E-state index in [0.29, 0.717) is 126 Å². The van der Waals surface area contributed by atoms with Crippen LogP contribution in [-0.2, 0) is 27.1 Å². The average Bonchev–Trinajstić information content (AvgIpc) is 1.59. The van der Waals surface area contributed by atoms with Gasteiger partial charge in [0.25, 0.3) is 0 Å². The molecule has 14 aromatic carbocycles. The molecular weight excluding hydrogens is 1400 g/mol. The summed E-state index contributed by atoms with van der Waals surface area (Å²) < 4.78 is 144. The molecule has 0 heterocycles. The molecule has 2 unspecified atom stereocenters. The predicted octanol–water partition coefficient (Wildman–Crippen LogP) is 27.0. The molecule has 14 aromatic rings. The Balaban J connectivity index is 0.800. The van der Waals surface area contributed by atoms with Crippen molar-refractivity contribution in [3.8, 4) is 45.3 Å². The molecule has 18 rings (SSSR count). The lowest BCUT2D eigenvalue weighted by Gasteiger charge is -2.35. The molecule has 4 aliphatic rings. The largest absolute Gasteiger partial charge is 0.457 e. The molecule has 544 valence electrons. The first-order valence-electron chi connectivity index (χ1n) is 36.8. The van der Waals surface area contributed by atoms with E-state index >= 15 is 35.1 Å². The summed E-state index contributed by atoms with van der Waals surface area (Å²) in [5.41, 5.74) is 9.99. The maximum Gasteiger partial charge on any atom is 0.133 e. The first-order valence-corrected chi connectivity index (χ1v) is 36.8. The molecular formula is C99H70F8N2O2. The molecule has 0 saturated heterocycles. The maximum absolute atomic E-state index is 17.4. The third-order valence-corrected chi connectivity index (χ3v) is 23.3. The normalized spacial score (nSPS) is 17.6. The van der Waals surface area contributed by atoms with Crippen molar-refractivity contribution < 1.29 is 44.6 Å². The van der Waals surface area contributed by atoms with Crippen molar-refractivity contribution in [1.82, 2.24) is 0 Å². The molecule has 0 saturated carbocycles. The fourth-order valence-electron chi connectivity index (χ4n) is 18.9. The van der Waals surface area contributed by atoms with E-state index in [1.54, 1.807) is 84.9 Å². The Morgan fingerprint density at radius 2 is 0.586 bits per heavy atom. The standard InChI is InChI=1S/C99H70F8N2O2/c1-7-59-17-37-73(38-18-59)110-75-41-21-61(22-42-75)98(93-89(104)49-65(102)50-90(93)105)81-15-11-9-13-77(81)79-45-33-69(53-85(79)98)108(67-29-25-63(100)26-30-67)71-35-47-83-87(55-71)97(57-95(83,3)4)58-96(5,6)84-48-36-72(56-88(84)97)109(68-31-27-64(101)28-32-68)70-34-46-80-78-14-10-12-16-82(78)99(86(80)54-70,94-91(106)51-66(103)52-92(94)107)62-23-43-76(44-24-62)111-74-39-19-60(8-2)20-40-74/h7-56H,1-2,57-58H2,3-6H3. The molecule has 111 heavy (non-hydrogen) atoms. The van der Waals surface area contributed by atoms with Gasteiger partial charge >= 0.3 is 0 Å². The van der Waals surface area contributed by atoms with Crippen molar-refractivity contribution in [2.75, 3.05) is 9.80 Å². The van der Waals surface area contributed by atoms with Crippen LogP contribution in [0.5, 0.6) is 23.0 Å². The van der Waals surface area contributed by atoms with Crippen LogP contribution in [0.15, 0.2) is 304 Å². The summed E-state index contributed by atoms with van der Waals surface area (Å²) in [7, 11) is 0. The summed E-state index contributed by atoms with van der Waals surface area (Å²) in [6, 6.07) is 83.9. The van der Waals surface area contributed by atoms with Gasteiger partial charge in [0, 0.05) is 74.9 Å². The second-order valence-corrected chi connectivity index (χ2v) is 30.6. The summed E-state index contributed by atoms with van der Waals surface area (Å²) >= 11 is 0. The Kier molecular flexibility index (Phi) is 16.5. The Labute approximate surface area is 638 Å². The van der Waals surface area contributed by atoms with E-state index < -0.39 is 73.6 Å². The van der Waals surface area contributed by atoms with Gasteiger partial charge in [-0.2, -0.15) is 0 Å². The molecule has 4 aliphatic carbocycles. The lowest BCUT2D eigenvalue weighted by Crippen LogP contribution is -2.31. The fraction of sp³-hybridized carbons (Fsp3) is 0.111. The van der Waals surface area contributed by atoms with Crippen LogP contribution in [-0.4, -0.2) is 0 Å². The SMILES string of the molecule is C=Cc1ccc(Oc2ccc(C3(c4c(F)cc(F)cc4F)c4ccccc4-c4ccc(N(c5ccc(F)cc5)c5ccc6c(c5)C5(CC6(C)C)CC(C)(C)c6ccc(N(c7ccc(F)cc7)c7ccc8c(c7)C(c7ccc(Oc9ccc(C=C)cc9)cc7)(c7c(F)cc(F)cc7F)c7ccccc7-8)cc65)cc43)cc2)cc1. The van der Waals surface area contributed by atoms with Crippen LogP contribution in [0.3, 0.4) is 0 Å². The van der Waals surface area contributed by atoms with Gasteiger partial charge in [-0.25, -0.2) is 35.1 Å². The molecule has 0 N–H and O–H groups in total. The molecule has 4 nitrogen and oxygen atoms in total. The second kappa shape index (κ2) is 26.2. The topological polar surface area (TPSA) is 24.9 Å². The summed E-state index contributed by atoms with van der Waals surface area (Å²) in [4.78, 5) is 4.07. The number of rotatable bonds is 16. The number of fused-ring (bicyclic) bond motifs is 10. The molecule has 0 radical (unpaired) electrons. The Hall–Kier alpha value is -12.8. The first-order chi connectivity index (χ1) is 53.6. The lowest BCUT2D eigenvalue weighted by atomic mass is 9.67. The van der Waals surface area contributed by atoms with E-state index in [1.807, 2.05) is 143 Å². The van der Waals surface area contributed by atoms with Crippen LogP contribution in [0, 0.1) is 46.5 Å². The van der Waals surface area contributed by atoms with Gasteiger partial charge in [0.05, 0.1) is 10.8 Å². The minimum absolute atomic E-state index is 0.374. The number of nitrogens with zero attached hydrogens (tertiary/aromatic N) is 2. The second-order valence-electron chi connectivity index (χ2n) is 30.6. The van der Waals surface area contributed by atoms with Crippen molar-refractivity contribution in [2.24, 2.45) is 0 Å². The Bertz CT molecular complexity index is 5690. The predicted molar refractivity (Wildman–Crippen MR) is 426 cm³/mol. The highest BCUT2D eigenvalue weighted by Crippen LogP contribution is 2.66. The number of halogens is 8. The van der Waals surface area contributed by atoms with Crippen LogP contribution < -0.4 is 19.3 Å². The van der Waals surface area contributed by atoms with E-state index in [1.165, 1.54) is 24.3 Å². The highest BCUT2D eigenvalue weighted by molar-refractivity contribution is 5.92. The van der Waals surface area contributed by atoms with Crippen LogP contribution in [0.4, 0.5) is 69.2 Å². The van der Waals surface area contributed by atoms with Crippen LogP contribution >= 0.6 is 0 Å². The minimum atomic E-state index is -1.73. The van der Waals surface area contributed by atoms with Gasteiger partial charge in [0.1, 0.15) is 69.5 Å². The van der Waals surface area contributed by atoms with Gasteiger partial charge < -0.3 is 19.3 Å². The van der Waals surface area contributed by atoms with Crippen molar-refractivity contribution in [3.05, 3.63) is 429 Å². The number of benzene rings is 14. The highest BCUT2D eigenvalue weighted by Gasteiger charge is 2.57. The number of hydrogen-bond acceptors (Lipinski definition) is 4. The van der Waals surface area contributed by atoms with E-state index in [9.17, 15) is 0 Å². The third-order valence-electron chi connectivity index (χ3n) is 23.3. The van der Waals surface area contributed by atoms with Crippen LogP contribution in [0.25, 0.3) is 34.4 Å². The summed E-state index contributed by atoms with van der Waals surface area (Å²) in [6.07, 6.45) is 4.81. The van der Waals surface area contributed by atoms with E-state index in [-0.39, 0.29) is 11.1 Å². The van der Waals surface area contributed by atoms with Gasteiger partial charge in [-0.05, 0) is 258 Å². The molecule has 0 fully saturated rings. The summed E-state index contributed by atoms with van der Waals surface area (Å²) in [5, 5.41) is 0. The highest BCUT2D eigenvalue weighted by atomic mass is 19.2. The fourth-order valence-corrected chi connectivity index (χ4v) is 18.9. The van der Waals surface area contributed by atoms with Crippen molar-refractivity contribution in [3.63, 3.8) is 0 Å². The Morgan fingerprint density at radius 1 is 0.288 bits per heavy atom. The van der Waals surface area contributed by atoms with Gasteiger partial charge in [-0.3, -0.25) is 0 Å². The van der Waals surface area contributed by atoms with Gasteiger partial charge in [-0.1, -0.05) is 174 Å². The summed E-state index contributed by atoms with van der Waals surface area (Å²) in [5.74, 6) is -5.35. The van der Waals surface area contributed by atoms with Gasteiger partial charge in [-0.15, -0.1) is 0 Å². The van der Waals surface area contributed by atoms with E-state index in [0.717, 1.165) is 57.6 Å². The molecule has 12 heteroatoms. The number of hydrogen-bond donors (Lipinski definition) is 0. The van der Waals surface area contributed by atoms with Crippen molar-refractivity contribution in [1.29, 1.82) is 0 Å². The molecule has 2 atom stereocenters. The van der Waals surface area contributed by atoms with Gasteiger partial charge in [0.15, 0.2) is 0 Å². The first kappa shape index (κ1) is 69.9. The average molecular weight is 1470 g/mol. The Morgan fingerprint density at radius 3 is 0.928 bits per heavy atom. The van der Waals surface area contributed by atoms with E-state index in [2.05, 4.69) is 77.3 Å². The zero-order valence-corrected chi connectivity index (χ0v) is 60.9. The van der Waals surface area contributed by atoms with Crippen LogP contribution in [0.1, 0.15) is 118 Å². The minimum Gasteiger partial charge on any atom is -0.457 e. The van der Waals surface area contributed by atoms with Crippen molar-refractivity contribution >= 4 is 46.3 Å². The monoisotopic (exact) mass is 1470 g/mol. The molecule has 1 spiro atoms. The number of ether oxygens (including phenoxy) is 2. The molecule has 0 amide bonds. The summed E-state index contributed by atoms with van der Waals surface area (Å²) in [6.45, 7) is 16.8. The molecule has 0 aromatic heterocycles. The van der Waals surface area contributed by atoms with Gasteiger partial charge in [0.2, 0.25) is 0 Å². The zero-order valence-electron chi connectivity index (χ0n) is 60.9. The maximum atomic E-state index is 17.4. The molecule has 0 aliphatic heterocycles. The molecule has 0 bridgehead atoms. The van der Waals surface area contributed by atoms with E-state index in [4.69, 9.17) is 9.47 Å². The quantitative estimate of drug-likeness (QED) is 0.0900. The number of anilines is 6. The smallest absolute Gasteiger partial charge is 0.133 e. The third kappa shape index (κ3) is 11.1. The lowest BCUT2D eigenvalue weighted by molar-refractivity contribution is 0.349. The zero-order chi connectivity index (χ0) is 76.6. The van der Waals surface area contributed by atoms with Crippen LogP contribution in [0.2, 0.25) is 0 Å². The van der Waals surface area contributed by atoms with Crippen molar-refractivity contribution in [2.45, 2.75) is 67.6 Å².